The number of morpholine rings is 1. The molecule has 2 heterocycles. The van der Waals surface area contributed by atoms with Gasteiger partial charge in [0.05, 0.1) is 24.5 Å². The summed E-state index contributed by atoms with van der Waals surface area (Å²) >= 11 is 0. The van der Waals surface area contributed by atoms with Crippen LogP contribution in [0, 0.1) is 0 Å². The number of carbonyl (C=O) groups is 1. The average molecular weight is 461 g/mol. The predicted molar refractivity (Wildman–Crippen MR) is 116 cm³/mol. The van der Waals surface area contributed by atoms with Crippen molar-refractivity contribution in [1.82, 2.24) is 9.88 Å². The van der Waals surface area contributed by atoms with Crippen molar-refractivity contribution in [2.45, 2.75) is 12.6 Å². The number of hydrogen-bond donors (Lipinski definition) is 3. The molecular formula is C23H22F3N3O4. The summed E-state index contributed by atoms with van der Waals surface area (Å²) in [6.07, 6.45) is -3.03. The number of ether oxygens (including phenoxy) is 1. The summed E-state index contributed by atoms with van der Waals surface area (Å²) in [5, 5.41) is 23.9. The van der Waals surface area contributed by atoms with Crippen LogP contribution in [0.4, 0.5) is 18.9 Å². The van der Waals surface area contributed by atoms with Gasteiger partial charge in [0, 0.05) is 43.2 Å². The van der Waals surface area contributed by atoms with E-state index in [0.717, 1.165) is 31.3 Å². The molecule has 0 atom stereocenters. The first-order chi connectivity index (χ1) is 15.7. The SMILES string of the molecule is O=C(CCN1CCOCC1)Nc1ccc2c(-c3cc(C(F)(F)F)ccc3O)ccnc2c1O. The van der Waals surface area contributed by atoms with Crippen LogP contribution in [0.15, 0.2) is 42.6 Å². The van der Waals surface area contributed by atoms with Gasteiger partial charge in [0.1, 0.15) is 11.3 Å². The minimum atomic E-state index is -4.58. The first-order valence-corrected chi connectivity index (χ1v) is 10.4. The van der Waals surface area contributed by atoms with Gasteiger partial charge in [-0.15, -0.1) is 0 Å². The molecule has 1 aliphatic heterocycles. The topological polar surface area (TPSA) is 94.9 Å². The number of fused-ring (bicyclic) bond motifs is 1. The van der Waals surface area contributed by atoms with Crippen LogP contribution in [0.3, 0.4) is 0 Å². The molecule has 2 aromatic carbocycles. The number of aromatic nitrogens is 1. The predicted octanol–water partition coefficient (Wildman–Crippen LogP) is 3.99. The Morgan fingerprint density at radius 1 is 1.09 bits per heavy atom. The molecule has 174 valence electrons. The van der Waals surface area contributed by atoms with Crippen LogP contribution in [0.5, 0.6) is 11.5 Å². The second-order valence-corrected chi connectivity index (χ2v) is 7.70. The number of benzene rings is 2. The molecule has 1 aliphatic rings. The fourth-order valence-corrected chi connectivity index (χ4v) is 3.76. The number of hydrogen-bond acceptors (Lipinski definition) is 6. The van der Waals surface area contributed by atoms with Crippen LogP contribution in [0.25, 0.3) is 22.0 Å². The summed E-state index contributed by atoms with van der Waals surface area (Å²) < 4.78 is 44.8. The van der Waals surface area contributed by atoms with E-state index in [0.29, 0.717) is 25.1 Å². The normalized spacial score (nSPS) is 15.0. The molecule has 1 saturated heterocycles. The number of phenolic OH excluding ortho intramolecular Hbond substituents is 2. The average Bonchev–Trinajstić information content (AvgIpc) is 2.79. The van der Waals surface area contributed by atoms with Gasteiger partial charge in [-0.1, -0.05) is 0 Å². The zero-order valence-corrected chi connectivity index (χ0v) is 17.5. The number of aromatic hydroxyl groups is 2. The third kappa shape index (κ3) is 5.01. The zero-order valence-electron chi connectivity index (χ0n) is 17.5. The van der Waals surface area contributed by atoms with Crippen molar-refractivity contribution in [3.8, 4) is 22.6 Å². The molecule has 0 spiro atoms. The van der Waals surface area contributed by atoms with Crippen LogP contribution < -0.4 is 5.32 Å². The molecule has 1 amide bonds. The molecule has 0 bridgehead atoms. The van der Waals surface area contributed by atoms with Gasteiger partial charge in [-0.3, -0.25) is 14.7 Å². The lowest BCUT2D eigenvalue weighted by atomic mass is 9.98. The first-order valence-electron chi connectivity index (χ1n) is 10.4. The third-order valence-corrected chi connectivity index (χ3v) is 5.53. The number of halogens is 3. The maximum atomic E-state index is 13.2. The van der Waals surface area contributed by atoms with E-state index in [1.54, 1.807) is 0 Å². The monoisotopic (exact) mass is 461 g/mol. The van der Waals surface area contributed by atoms with Gasteiger partial charge in [0.15, 0.2) is 5.75 Å². The number of pyridine rings is 1. The van der Waals surface area contributed by atoms with Crippen molar-refractivity contribution in [2.24, 2.45) is 0 Å². The molecule has 1 aromatic heterocycles. The van der Waals surface area contributed by atoms with Crippen LogP contribution in [0.2, 0.25) is 0 Å². The molecule has 7 nitrogen and oxygen atoms in total. The number of phenols is 2. The smallest absolute Gasteiger partial charge is 0.416 e. The Morgan fingerprint density at radius 2 is 1.85 bits per heavy atom. The molecule has 0 saturated carbocycles. The lowest BCUT2D eigenvalue weighted by molar-refractivity contribution is -0.137. The van der Waals surface area contributed by atoms with E-state index < -0.39 is 11.7 Å². The number of carbonyl (C=O) groups excluding carboxylic acids is 1. The molecule has 0 aliphatic carbocycles. The Bertz CT molecular complexity index is 1180. The van der Waals surface area contributed by atoms with Crippen molar-refractivity contribution in [3.05, 3.63) is 48.2 Å². The summed E-state index contributed by atoms with van der Waals surface area (Å²) in [6.45, 7) is 3.32. The van der Waals surface area contributed by atoms with Gasteiger partial charge in [-0.25, -0.2) is 0 Å². The van der Waals surface area contributed by atoms with E-state index in [1.807, 2.05) is 0 Å². The van der Waals surface area contributed by atoms with E-state index in [2.05, 4.69) is 15.2 Å². The van der Waals surface area contributed by atoms with Crippen molar-refractivity contribution in [2.75, 3.05) is 38.2 Å². The Balaban J connectivity index is 1.60. The lowest BCUT2D eigenvalue weighted by Crippen LogP contribution is -2.38. The number of nitrogens with one attached hydrogen (secondary N) is 1. The number of anilines is 1. The number of nitrogens with zero attached hydrogens (tertiary/aromatic N) is 2. The molecule has 0 radical (unpaired) electrons. The van der Waals surface area contributed by atoms with E-state index >= 15 is 0 Å². The first kappa shape index (κ1) is 22.8. The van der Waals surface area contributed by atoms with E-state index in [4.69, 9.17) is 4.74 Å². The quantitative estimate of drug-likeness (QED) is 0.498. The second kappa shape index (κ2) is 9.24. The molecule has 3 N–H and O–H groups in total. The van der Waals surface area contributed by atoms with E-state index in [1.165, 1.54) is 24.4 Å². The molecule has 0 unspecified atom stereocenters. The van der Waals surface area contributed by atoms with E-state index in [-0.39, 0.29) is 46.2 Å². The van der Waals surface area contributed by atoms with Crippen LogP contribution in [-0.4, -0.2) is 58.9 Å². The van der Waals surface area contributed by atoms with Gasteiger partial charge in [0.2, 0.25) is 5.91 Å². The van der Waals surface area contributed by atoms with Gasteiger partial charge in [-0.2, -0.15) is 13.2 Å². The van der Waals surface area contributed by atoms with Crippen LogP contribution >= 0.6 is 0 Å². The minimum absolute atomic E-state index is 0.0427. The van der Waals surface area contributed by atoms with Gasteiger partial charge in [-0.05, 0) is 42.0 Å². The molecule has 10 heteroatoms. The van der Waals surface area contributed by atoms with Crippen molar-refractivity contribution in [1.29, 1.82) is 0 Å². The maximum Gasteiger partial charge on any atom is 0.416 e. The lowest BCUT2D eigenvalue weighted by Gasteiger charge is -2.26. The summed E-state index contributed by atoms with van der Waals surface area (Å²) in [7, 11) is 0. The summed E-state index contributed by atoms with van der Waals surface area (Å²) in [4.78, 5) is 18.6. The number of alkyl halides is 3. The molecular weight excluding hydrogens is 439 g/mol. The Kier molecular flexibility index (Phi) is 6.39. The third-order valence-electron chi connectivity index (χ3n) is 5.53. The molecule has 1 fully saturated rings. The van der Waals surface area contributed by atoms with Crippen LogP contribution in [0.1, 0.15) is 12.0 Å². The highest BCUT2D eigenvalue weighted by atomic mass is 19.4. The van der Waals surface area contributed by atoms with Gasteiger partial charge in [0.25, 0.3) is 0 Å². The fraction of sp³-hybridized carbons (Fsp3) is 0.304. The molecule has 3 aromatic rings. The van der Waals surface area contributed by atoms with E-state index in [9.17, 15) is 28.2 Å². The fourth-order valence-electron chi connectivity index (χ4n) is 3.76. The highest BCUT2D eigenvalue weighted by molar-refractivity contribution is 6.03. The highest BCUT2D eigenvalue weighted by Gasteiger charge is 2.31. The zero-order chi connectivity index (χ0) is 23.6. The Labute approximate surface area is 187 Å². The minimum Gasteiger partial charge on any atom is -0.507 e. The largest absolute Gasteiger partial charge is 0.507 e. The van der Waals surface area contributed by atoms with Gasteiger partial charge < -0.3 is 20.3 Å². The number of rotatable bonds is 5. The van der Waals surface area contributed by atoms with Crippen molar-refractivity contribution in [3.63, 3.8) is 0 Å². The highest BCUT2D eigenvalue weighted by Crippen LogP contribution is 2.41. The number of amides is 1. The molecule has 4 rings (SSSR count). The summed E-state index contributed by atoms with van der Waals surface area (Å²) in [5.74, 6) is -0.932. The second-order valence-electron chi connectivity index (χ2n) is 7.70. The molecule has 33 heavy (non-hydrogen) atoms. The summed E-state index contributed by atoms with van der Waals surface area (Å²) in [6, 6.07) is 7.08. The van der Waals surface area contributed by atoms with Crippen molar-refractivity contribution >= 4 is 22.5 Å². The Hall–Kier alpha value is -3.37. The van der Waals surface area contributed by atoms with Gasteiger partial charge >= 0.3 is 6.18 Å². The standard InChI is InChI=1S/C23H22F3N3O4/c24-23(25,26)14-1-4-19(30)17(13-14)15-5-7-27-21-16(15)2-3-18(22(21)32)28-20(31)6-8-29-9-11-33-12-10-29/h1-5,7,13,30,32H,6,8-12H2,(H,28,31). The van der Waals surface area contributed by atoms with Crippen molar-refractivity contribution < 1.29 is 32.9 Å². The maximum absolute atomic E-state index is 13.2. The Morgan fingerprint density at radius 3 is 2.58 bits per heavy atom. The summed E-state index contributed by atoms with van der Waals surface area (Å²) in [5.41, 5.74) is -0.445. The van der Waals surface area contributed by atoms with Crippen LogP contribution in [-0.2, 0) is 15.7 Å².